The minimum absolute atomic E-state index is 0.0493. The Morgan fingerprint density at radius 2 is 2.14 bits per heavy atom. The molecule has 1 heterocycles. The standard InChI is InChI=1S/C13H14ClN3O3S/c1-17(8-9-6-15-16-7-9)13(18)10-3-4-11(14)12(5-10)21(2,19)20/h3-7H,8H2,1-2H3,(H,15,16). The molecule has 0 spiro atoms. The van der Waals surface area contributed by atoms with Gasteiger partial charge in [-0.25, -0.2) is 8.42 Å². The van der Waals surface area contributed by atoms with Crippen LogP contribution >= 0.6 is 11.6 Å². The Morgan fingerprint density at radius 1 is 1.43 bits per heavy atom. The van der Waals surface area contributed by atoms with Crippen LogP contribution in [0.25, 0.3) is 0 Å². The number of sulfone groups is 1. The molecule has 6 nitrogen and oxygen atoms in total. The molecule has 0 unspecified atom stereocenters. The molecule has 0 radical (unpaired) electrons. The first-order valence-electron chi connectivity index (χ1n) is 6.02. The van der Waals surface area contributed by atoms with Gasteiger partial charge in [-0.2, -0.15) is 5.10 Å². The summed E-state index contributed by atoms with van der Waals surface area (Å²) < 4.78 is 23.3. The van der Waals surface area contributed by atoms with Crippen LogP contribution in [0.3, 0.4) is 0 Å². The SMILES string of the molecule is CN(Cc1cn[nH]c1)C(=O)c1ccc(Cl)c(S(C)(=O)=O)c1. The van der Waals surface area contributed by atoms with Gasteiger partial charge in [-0.1, -0.05) is 11.6 Å². The van der Waals surface area contributed by atoms with Gasteiger partial charge in [-0.15, -0.1) is 0 Å². The van der Waals surface area contributed by atoms with Crippen molar-refractivity contribution in [3.05, 3.63) is 46.7 Å². The maximum atomic E-state index is 12.3. The van der Waals surface area contributed by atoms with E-state index in [1.807, 2.05) is 0 Å². The second-order valence-electron chi connectivity index (χ2n) is 4.69. The smallest absolute Gasteiger partial charge is 0.253 e. The fraction of sp³-hybridized carbons (Fsp3) is 0.231. The van der Waals surface area contributed by atoms with Crippen molar-refractivity contribution in [1.29, 1.82) is 0 Å². The summed E-state index contributed by atoms with van der Waals surface area (Å²) >= 11 is 5.86. The predicted octanol–water partition coefficient (Wildman–Crippen LogP) is 1.74. The summed E-state index contributed by atoms with van der Waals surface area (Å²) in [6.45, 7) is 0.367. The average molecular weight is 328 g/mol. The number of nitrogens with zero attached hydrogens (tertiary/aromatic N) is 2. The van der Waals surface area contributed by atoms with Gasteiger partial charge in [0.25, 0.3) is 5.91 Å². The van der Waals surface area contributed by atoms with Gasteiger partial charge < -0.3 is 4.90 Å². The third-order valence-electron chi connectivity index (χ3n) is 2.90. The van der Waals surface area contributed by atoms with E-state index in [0.29, 0.717) is 6.54 Å². The van der Waals surface area contributed by atoms with E-state index >= 15 is 0 Å². The quantitative estimate of drug-likeness (QED) is 0.927. The zero-order chi connectivity index (χ0) is 15.6. The molecule has 21 heavy (non-hydrogen) atoms. The Balaban J connectivity index is 2.27. The first-order valence-corrected chi connectivity index (χ1v) is 8.28. The number of aromatic amines is 1. The number of amides is 1. The van der Waals surface area contributed by atoms with E-state index in [1.54, 1.807) is 19.4 Å². The zero-order valence-corrected chi connectivity index (χ0v) is 13.1. The molecule has 1 N–H and O–H groups in total. The lowest BCUT2D eigenvalue weighted by molar-refractivity contribution is 0.0785. The van der Waals surface area contributed by atoms with Crippen LogP contribution in [0.2, 0.25) is 5.02 Å². The number of hydrogen-bond acceptors (Lipinski definition) is 4. The lowest BCUT2D eigenvalue weighted by atomic mass is 10.2. The Kier molecular flexibility index (Phi) is 4.34. The number of H-pyrrole nitrogens is 1. The van der Waals surface area contributed by atoms with E-state index in [0.717, 1.165) is 11.8 Å². The summed E-state index contributed by atoms with van der Waals surface area (Å²) in [7, 11) is -1.85. The van der Waals surface area contributed by atoms with Crippen LogP contribution in [0.15, 0.2) is 35.5 Å². The molecule has 0 bridgehead atoms. The van der Waals surface area contributed by atoms with Crippen LogP contribution in [-0.2, 0) is 16.4 Å². The molecule has 0 aliphatic rings. The number of nitrogens with one attached hydrogen (secondary N) is 1. The van der Waals surface area contributed by atoms with Crippen LogP contribution in [0.4, 0.5) is 0 Å². The lowest BCUT2D eigenvalue weighted by Crippen LogP contribution is -2.26. The molecule has 0 atom stereocenters. The minimum atomic E-state index is -3.48. The van der Waals surface area contributed by atoms with E-state index in [9.17, 15) is 13.2 Å². The molecule has 112 valence electrons. The highest BCUT2D eigenvalue weighted by molar-refractivity contribution is 7.90. The molecule has 0 aliphatic heterocycles. The molecule has 2 aromatic rings. The fourth-order valence-corrected chi connectivity index (χ4v) is 3.15. The Labute approximate surface area is 127 Å². The van der Waals surface area contributed by atoms with Crippen molar-refractivity contribution in [3.63, 3.8) is 0 Å². The van der Waals surface area contributed by atoms with E-state index in [-0.39, 0.29) is 21.4 Å². The third-order valence-corrected chi connectivity index (χ3v) is 4.48. The topological polar surface area (TPSA) is 83.1 Å². The minimum Gasteiger partial charge on any atom is -0.337 e. The summed E-state index contributed by atoms with van der Waals surface area (Å²) in [5.41, 5.74) is 1.12. The second-order valence-corrected chi connectivity index (χ2v) is 7.08. The van der Waals surface area contributed by atoms with E-state index < -0.39 is 9.84 Å². The van der Waals surface area contributed by atoms with Crippen LogP contribution in [0.5, 0.6) is 0 Å². The van der Waals surface area contributed by atoms with Crippen molar-refractivity contribution >= 4 is 27.3 Å². The van der Waals surface area contributed by atoms with Gasteiger partial charge in [0.15, 0.2) is 9.84 Å². The molecule has 1 aromatic heterocycles. The van der Waals surface area contributed by atoms with Crippen molar-refractivity contribution in [2.75, 3.05) is 13.3 Å². The number of aromatic nitrogens is 2. The maximum Gasteiger partial charge on any atom is 0.253 e. The molecular weight excluding hydrogens is 314 g/mol. The van der Waals surface area contributed by atoms with Gasteiger partial charge in [0, 0.05) is 37.2 Å². The van der Waals surface area contributed by atoms with E-state index in [1.165, 1.54) is 23.1 Å². The fourth-order valence-electron chi connectivity index (χ4n) is 1.85. The molecule has 0 saturated heterocycles. The van der Waals surface area contributed by atoms with Crippen molar-refractivity contribution in [3.8, 4) is 0 Å². The Bertz CT molecular complexity index is 757. The maximum absolute atomic E-state index is 12.3. The van der Waals surface area contributed by atoms with Crippen LogP contribution in [-0.4, -0.2) is 42.7 Å². The number of halogens is 1. The predicted molar refractivity (Wildman–Crippen MR) is 78.9 cm³/mol. The molecule has 1 amide bonds. The molecule has 2 rings (SSSR count). The number of carbonyl (C=O) groups is 1. The normalized spacial score (nSPS) is 11.4. The van der Waals surface area contributed by atoms with Gasteiger partial charge >= 0.3 is 0 Å². The molecule has 8 heteroatoms. The molecular formula is C13H14ClN3O3S. The largest absolute Gasteiger partial charge is 0.337 e. The average Bonchev–Trinajstić information content (AvgIpc) is 2.90. The number of benzene rings is 1. The summed E-state index contributed by atoms with van der Waals surface area (Å²) in [5.74, 6) is -0.294. The van der Waals surface area contributed by atoms with E-state index in [2.05, 4.69) is 10.2 Å². The molecule has 0 aliphatic carbocycles. The molecule has 0 fully saturated rings. The summed E-state index contributed by atoms with van der Waals surface area (Å²) in [5, 5.41) is 6.57. The van der Waals surface area contributed by atoms with Crippen LogP contribution < -0.4 is 0 Å². The highest BCUT2D eigenvalue weighted by Gasteiger charge is 2.18. The summed E-state index contributed by atoms with van der Waals surface area (Å²) in [6.07, 6.45) is 4.36. The zero-order valence-electron chi connectivity index (χ0n) is 11.5. The lowest BCUT2D eigenvalue weighted by Gasteiger charge is -2.16. The first kappa shape index (κ1) is 15.5. The number of carbonyl (C=O) groups excluding carboxylic acids is 1. The Hall–Kier alpha value is -1.86. The van der Waals surface area contributed by atoms with Crippen LogP contribution in [0, 0.1) is 0 Å². The third kappa shape index (κ3) is 3.62. The first-order chi connectivity index (χ1) is 9.79. The van der Waals surface area contributed by atoms with Crippen molar-refractivity contribution in [2.45, 2.75) is 11.4 Å². The van der Waals surface area contributed by atoms with Crippen molar-refractivity contribution < 1.29 is 13.2 Å². The van der Waals surface area contributed by atoms with E-state index in [4.69, 9.17) is 11.6 Å². The van der Waals surface area contributed by atoms with Gasteiger partial charge in [-0.05, 0) is 18.2 Å². The van der Waals surface area contributed by atoms with Gasteiger partial charge in [-0.3, -0.25) is 9.89 Å². The highest BCUT2D eigenvalue weighted by Crippen LogP contribution is 2.23. The van der Waals surface area contributed by atoms with Gasteiger partial charge in [0.1, 0.15) is 0 Å². The highest BCUT2D eigenvalue weighted by atomic mass is 35.5. The van der Waals surface area contributed by atoms with Crippen molar-refractivity contribution in [1.82, 2.24) is 15.1 Å². The van der Waals surface area contributed by atoms with Crippen molar-refractivity contribution in [2.24, 2.45) is 0 Å². The van der Waals surface area contributed by atoms with Gasteiger partial charge in [0.2, 0.25) is 0 Å². The number of rotatable bonds is 4. The molecule has 1 aromatic carbocycles. The summed E-state index contributed by atoms with van der Waals surface area (Å²) in [6, 6.07) is 4.22. The Morgan fingerprint density at radius 3 is 2.71 bits per heavy atom. The second kappa shape index (κ2) is 5.87. The van der Waals surface area contributed by atoms with Crippen LogP contribution in [0.1, 0.15) is 15.9 Å². The monoisotopic (exact) mass is 327 g/mol. The molecule has 0 saturated carbocycles. The summed E-state index contributed by atoms with van der Waals surface area (Å²) in [4.78, 5) is 13.7. The van der Waals surface area contributed by atoms with Gasteiger partial charge in [0.05, 0.1) is 16.1 Å². The number of hydrogen-bond donors (Lipinski definition) is 1.